The summed E-state index contributed by atoms with van der Waals surface area (Å²) in [7, 11) is 0. The Morgan fingerprint density at radius 2 is 1.74 bits per heavy atom. The van der Waals surface area contributed by atoms with Crippen LogP contribution in [0.25, 0.3) is 22.5 Å². The second kappa shape index (κ2) is 7.83. The Labute approximate surface area is 179 Å². The lowest BCUT2D eigenvalue weighted by Gasteiger charge is -2.15. The molecule has 156 valence electrons. The molecule has 1 N–H and O–H groups in total. The van der Waals surface area contributed by atoms with Crippen molar-refractivity contribution in [1.82, 2.24) is 19.3 Å². The van der Waals surface area contributed by atoms with Crippen LogP contribution in [0.4, 0.5) is 10.3 Å². The number of aromatic nitrogens is 4. The van der Waals surface area contributed by atoms with Gasteiger partial charge >= 0.3 is 0 Å². The van der Waals surface area contributed by atoms with Gasteiger partial charge < -0.3 is 5.32 Å². The van der Waals surface area contributed by atoms with Crippen LogP contribution in [0.3, 0.4) is 0 Å². The number of nitrogens with zero attached hydrogens (tertiary/aromatic N) is 4. The van der Waals surface area contributed by atoms with Crippen LogP contribution in [-0.2, 0) is 13.1 Å². The third-order valence-corrected chi connectivity index (χ3v) is 5.65. The van der Waals surface area contributed by atoms with Gasteiger partial charge in [0.05, 0.1) is 23.0 Å². The van der Waals surface area contributed by atoms with Gasteiger partial charge in [0.25, 0.3) is 5.56 Å². The number of anilines is 1. The molecule has 0 amide bonds. The van der Waals surface area contributed by atoms with Crippen molar-refractivity contribution >= 4 is 5.95 Å². The van der Waals surface area contributed by atoms with E-state index >= 15 is 0 Å². The second-order valence-corrected chi connectivity index (χ2v) is 7.68. The molecule has 3 heterocycles. The lowest BCUT2D eigenvalue weighted by Crippen LogP contribution is -2.17. The Balaban J connectivity index is 1.58. The predicted octanol–water partition coefficient (Wildman–Crippen LogP) is 4.49. The first-order valence-electron chi connectivity index (χ1n) is 10.4. The second-order valence-electron chi connectivity index (χ2n) is 7.68. The summed E-state index contributed by atoms with van der Waals surface area (Å²) >= 11 is 0. The number of nitrogens with one attached hydrogen (secondary N) is 1. The monoisotopic (exact) mass is 415 g/mol. The van der Waals surface area contributed by atoms with Crippen LogP contribution in [0.2, 0.25) is 0 Å². The van der Waals surface area contributed by atoms with Crippen LogP contribution in [-0.4, -0.2) is 19.3 Å². The summed E-state index contributed by atoms with van der Waals surface area (Å²) < 4.78 is 17.2. The van der Waals surface area contributed by atoms with Gasteiger partial charge in [-0.05, 0) is 42.7 Å². The minimum absolute atomic E-state index is 0.0236. The fourth-order valence-corrected chi connectivity index (χ4v) is 4.13. The first-order valence-corrected chi connectivity index (χ1v) is 10.4. The Kier molecular flexibility index (Phi) is 4.86. The van der Waals surface area contributed by atoms with Crippen LogP contribution in [0, 0.1) is 5.82 Å². The molecule has 5 rings (SSSR count). The largest absolute Gasteiger partial charge is 0.348 e. The fraction of sp³-hybridized carbons (Fsp3) is 0.208. The van der Waals surface area contributed by atoms with E-state index in [1.165, 1.54) is 12.1 Å². The maximum Gasteiger partial charge on any atom is 0.275 e. The molecule has 0 aliphatic carbocycles. The first kappa shape index (κ1) is 19.2. The van der Waals surface area contributed by atoms with Crippen molar-refractivity contribution in [2.45, 2.75) is 32.5 Å². The highest BCUT2D eigenvalue weighted by Gasteiger charge is 2.26. The van der Waals surface area contributed by atoms with E-state index < -0.39 is 0 Å². The molecule has 0 spiro atoms. The van der Waals surface area contributed by atoms with E-state index in [0.717, 1.165) is 24.2 Å². The molecular weight excluding hydrogens is 393 g/mol. The molecule has 0 radical (unpaired) electrons. The summed E-state index contributed by atoms with van der Waals surface area (Å²) in [6.45, 7) is 3.45. The smallest absolute Gasteiger partial charge is 0.275 e. The van der Waals surface area contributed by atoms with Gasteiger partial charge in [-0.1, -0.05) is 42.5 Å². The summed E-state index contributed by atoms with van der Waals surface area (Å²) in [6, 6.07) is 17.9. The topological polar surface area (TPSA) is 64.7 Å². The summed E-state index contributed by atoms with van der Waals surface area (Å²) in [5.41, 5.74) is 3.68. The van der Waals surface area contributed by atoms with Crippen molar-refractivity contribution in [3.63, 3.8) is 0 Å². The third kappa shape index (κ3) is 3.52. The van der Waals surface area contributed by atoms with Crippen molar-refractivity contribution in [1.29, 1.82) is 0 Å². The van der Waals surface area contributed by atoms with Crippen molar-refractivity contribution in [2.24, 2.45) is 0 Å². The Morgan fingerprint density at radius 1 is 1.00 bits per heavy atom. The standard InChI is InChI=1S/C24H22FN5O/c1-16(17-6-3-2-4-7-17)27-24-26-13-12-20(28-24)22-21(18-8-10-19(25)11-9-18)23(31)30-15-5-14-29(22)30/h2-4,6-13,16H,5,14-15H2,1H3,(H,26,27,28)/t16-/m1/s1. The molecule has 0 saturated carbocycles. The highest BCUT2D eigenvalue weighted by molar-refractivity contribution is 5.79. The average molecular weight is 415 g/mol. The molecular formula is C24H22FN5O. The maximum atomic E-state index is 13.5. The predicted molar refractivity (Wildman–Crippen MR) is 118 cm³/mol. The summed E-state index contributed by atoms with van der Waals surface area (Å²) in [4.78, 5) is 22.3. The molecule has 0 unspecified atom stereocenters. The molecule has 1 aliphatic rings. The Morgan fingerprint density at radius 3 is 2.52 bits per heavy atom. The number of rotatable bonds is 5. The molecule has 0 fully saturated rings. The molecule has 2 aromatic heterocycles. The highest BCUT2D eigenvalue weighted by atomic mass is 19.1. The lowest BCUT2D eigenvalue weighted by molar-refractivity contribution is 0.599. The Hall–Kier alpha value is -3.74. The minimum atomic E-state index is -0.333. The molecule has 0 saturated heterocycles. The van der Waals surface area contributed by atoms with Gasteiger partial charge in [0.2, 0.25) is 5.95 Å². The molecule has 2 aromatic carbocycles. The van der Waals surface area contributed by atoms with Crippen molar-refractivity contribution < 1.29 is 4.39 Å². The zero-order valence-electron chi connectivity index (χ0n) is 17.1. The van der Waals surface area contributed by atoms with Crippen LogP contribution >= 0.6 is 0 Å². The third-order valence-electron chi connectivity index (χ3n) is 5.65. The van der Waals surface area contributed by atoms with Crippen LogP contribution in [0.15, 0.2) is 71.7 Å². The van der Waals surface area contributed by atoms with Crippen LogP contribution in [0.5, 0.6) is 0 Å². The van der Waals surface area contributed by atoms with Gasteiger partial charge in [-0.2, -0.15) is 0 Å². The van der Waals surface area contributed by atoms with Crippen LogP contribution in [0.1, 0.15) is 24.9 Å². The lowest BCUT2D eigenvalue weighted by atomic mass is 10.0. The summed E-state index contributed by atoms with van der Waals surface area (Å²) in [5.74, 6) is 0.158. The number of halogens is 1. The molecule has 6 nitrogen and oxygen atoms in total. The molecule has 4 aromatic rings. The van der Waals surface area contributed by atoms with E-state index in [1.54, 1.807) is 23.0 Å². The Bertz CT molecular complexity index is 1280. The van der Waals surface area contributed by atoms with Gasteiger partial charge in [-0.15, -0.1) is 0 Å². The van der Waals surface area contributed by atoms with Crippen molar-refractivity contribution in [3.8, 4) is 22.5 Å². The summed E-state index contributed by atoms with van der Waals surface area (Å²) in [5, 5.41) is 3.34. The van der Waals surface area contributed by atoms with E-state index in [4.69, 9.17) is 4.98 Å². The van der Waals surface area contributed by atoms with Crippen molar-refractivity contribution in [2.75, 3.05) is 5.32 Å². The number of hydrogen-bond donors (Lipinski definition) is 1. The number of benzene rings is 2. The van der Waals surface area contributed by atoms with Crippen LogP contribution < -0.4 is 10.9 Å². The van der Waals surface area contributed by atoms with Gasteiger partial charge in [0.15, 0.2) is 0 Å². The van der Waals surface area contributed by atoms with Gasteiger partial charge in [0.1, 0.15) is 5.82 Å². The van der Waals surface area contributed by atoms with Gasteiger partial charge in [-0.25, -0.2) is 19.0 Å². The minimum Gasteiger partial charge on any atom is -0.348 e. The molecule has 7 heteroatoms. The molecule has 1 atom stereocenters. The van der Waals surface area contributed by atoms with E-state index in [9.17, 15) is 9.18 Å². The maximum absolute atomic E-state index is 13.5. The highest BCUT2D eigenvalue weighted by Crippen LogP contribution is 2.32. The van der Waals surface area contributed by atoms with E-state index in [0.29, 0.717) is 29.3 Å². The molecule has 1 aliphatic heterocycles. The SMILES string of the molecule is C[C@@H](Nc1nccc(-c2c(-c3ccc(F)cc3)c(=O)n3n2CCC3)n1)c1ccccc1. The average Bonchev–Trinajstić information content (AvgIpc) is 3.37. The zero-order chi connectivity index (χ0) is 21.4. The molecule has 0 bridgehead atoms. The van der Waals surface area contributed by atoms with Gasteiger partial charge in [0, 0.05) is 19.3 Å². The van der Waals surface area contributed by atoms with Crippen molar-refractivity contribution in [3.05, 3.63) is 88.6 Å². The van der Waals surface area contributed by atoms with Gasteiger partial charge in [-0.3, -0.25) is 9.48 Å². The van der Waals surface area contributed by atoms with E-state index in [-0.39, 0.29) is 17.4 Å². The normalized spacial score (nSPS) is 13.7. The zero-order valence-corrected chi connectivity index (χ0v) is 17.1. The van der Waals surface area contributed by atoms with E-state index in [1.807, 2.05) is 28.9 Å². The first-order chi connectivity index (χ1) is 15.1. The van der Waals surface area contributed by atoms with E-state index in [2.05, 4.69) is 29.4 Å². The fourth-order valence-electron chi connectivity index (χ4n) is 4.13. The quantitative estimate of drug-likeness (QED) is 0.522. The number of fused-ring (bicyclic) bond motifs is 1. The molecule has 31 heavy (non-hydrogen) atoms. The number of hydrogen-bond acceptors (Lipinski definition) is 4. The summed E-state index contributed by atoms with van der Waals surface area (Å²) in [6.07, 6.45) is 2.59.